The van der Waals surface area contributed by atoms with E-state index in [2.05, 4.69) is 39.3 Å². The Morgan fingerprint density at radius 3 is 2.92 bits per heavy atom. The van der Waals surface area contributed by atoms with Gasteiger partial charge in [0.2, 0.25) is 10.8 Å². The second-order valence-electron chi connectivity index (χ2n) is 6.65. The molecule has 5 rings (SSSR count). The first-order chi connectivity index (χ1) is 12.7. The Hall–Kier alpha value is -3.00. The van der Waals surface area contributed by atoms with Crippen LogP contribution in [0.25, 0.3) is 38.2 Å². The summed E-state index contributed by atoms with van der Waals surface area (Å²) in [6.07, 6.45) is 0.941. The van der Waals surface area contributed by atoms with Crippen molar-refractivity contribution < 1.29 is 4.42 Å². The number of aromatic nitrogens is 6. The van der Waals surface area contributed by atoms with E-state index in [-0.39, 0.29) is 0 Å². The van der Waals surface area contributed by atoms with Crippen LogP contribution in [0.5, 0.6) is 0 Å². The molecular formula is C18H16N6OS. The zero-order valence-corrected chi connectivity index (χ0v) is 15.1. The number of furan rings is 1. The zero-order valence-electron chi connectivity index (χ0n) is 14.3. The van der Waals surface area contributed by atoms with Crippen LogP contribution in [0.3, 0.4) is 0 Å². The summed E-state index contributed by atoms with van der Waals surface area (Å²) in [4.78, 5) is 0.712. The molecule has 1 aromatic carbocycles. The largest absolute Gasteiger partial charge is 0.453 e. The van der Waals surface area contributed by atoms with E-state index in [0.717, 1.165) is 39.5 Å². The highest BCUT2D eigenvalue weighted by atomic mass is 32.1. The van der Waals surface area contributed by atoms with Gasteiger partial charge in [-0.2, -0.15) is 9.61 Å². The summed E-state index contributed by atoms with van der Waals surface area (Å²) in [5, 5.41) is 22.4. The highest BCUT2D eigenvalue weighted by Gasteiger charge is 2.18. The molecular weight excluding hydrogens is 348 g/mol. The predicted octanol–water partition coefficient (Wildman–Crippen LogP) is 4.19. The lowest BCUT2D eigenvalue weighted by atomic mass is 10.1. The summed E-state index contributed by atoms with van der Waals surface area (Å²) in [6.45, 7) is 4.35. The van der Waals surface area contributed by atoms with E-state index >= 15 is 0 Å². The van der Waals surface area contributed by atoms with Crippen molar-refractivity contribution in [3.8, 4) is 22.3 Å². The lowest BCUT2D eigenvalue weighted by Crippen LogP contribution is -1.93. The van der Waals surface area contributed by atoms with E-state index in [0.29, 0.717) is 16.7 Å². The number of hydrogen-bond donors (Lipinski definition) is 1. The van der Waals surface area contributed by atoms with Crippen LogP contribution in [0.15, 0.2) is 40.8 Å². The molecule has 0 unspecified atom stereocenters. The topological polar surface area (TPSA) is 84.9 Å². The van der Waals surface area contributed by atoms with E-state index in [4.69, 9.17) is 4.42 Å². The van der Waals surface area contributed by atoms with Crippen LogP contribution in [-0.2, 0) is 6.42 Å². The molecule has 0 spiro atoms. The van der Waals surface area contributed by atoms with Crippen molar-refractivity contribution in [3.63, 3.8) is 0 Å². The van der Waals surface area contributed by atoms with Gasteiger partial charge in [0.15, 0.2) is 10.8 Å². The van der Waals surface area contributed by atoms with E-state index < -0.39 is 0 Å². The first-order valence-electron chi connectivity index (χ1n) is 8.43. The maximum atomic E-state index is 5.91. The molecule has 0 aliphatic carbocycles. The Balaban J connectivity index is 1.55. The minimum atomic E-state index is 0.556. The highest BCUT2D eigenvalue weighted by molar-refractivity contribution is 7.19. The van der Waals surface area contributed by atoms with Gasteiger partial charge in [0.1, 0.15) is 11.3 Å². The number of aromatic amines is 1. The number of hydrogen-bond acceptors (Lipinski definition) is 6. The van der Waals surface area contributed by atoms with E-state index in [1.165, 1.54) is 11.3 Å². The van der Waals surface area contributed by atoms with Gasteiger partial charge in [-0.05, 0) is 30.5 Å². The fourth-order valence-corrected chi connectivity index (χ4v) is 3.78. The van der Waals surface area contributed by atoms with Gasteiger partial charge in [-0.25, -0.2) is 0 Å². The maximum absolute atomic E-state index is 5.91. The summed E-state index contributed by atoms with van der Waals surface area (Å²) in [6, 6.07) is 11.9. The van der Waals surface area contributed by atoms with Gasteiger partial charge in [0.05, 0.1) is 0 Å². The second kappa shape index (κ2) is 5.77. The number of fused-ring (bicyclic) bond motifs is 2. The Labute approximate surface area is 152 Å². The summed E-state index contributed by atoms with van der Waals surface area (Å²) in [5.41, 5.74) is 2.67. The summed E-state index contributed by atoms with van der Waals surface area (Å²) in [7, 11) is 0. The van der Waals surface area contributed by atoms with Crippen molar-refractivity contribution >= 4 is 27.3 Å². The molecule has 0 aliphatic rings. The molecule has 0 atom stereocenters. The van der Waals surface area contributed by atoms with Crippen molar-refractivity contribution in [1.29, 1.82) is 0 Å². The quantitative estimate of drug-likeness (QED) is 0.517. The maximum Gasteiger partial charge on any atom is 0.235 e. The third kappa shape index (κ3) is 2.50. The molecule has 1 N–H and O–H groups in total. The van der Waals surface area contributed by atoms with Crippen molar-refractivity contribution in [1.82, 2.24) is 30.0 Å². The van der Waals surface area contributed by atoms with Crippen LogP contribution in [-0.4, -0.2) is 30.0 Å². The fraction of sp³-hybridized carbons (Fsp3) is 0.222. The number of nitrogens with one attached hydrogen (secondary N) is 1. The SMILES string of the molecule is CC(C)Cc1cc(-c2nnc3sc(-c4cc5ccccc5o4)nn23)n[nH]1. The molecule has 0 fully saturated rings. The molecule has 0 saturated carbocycles. The Kier molecular flexibility index (Phi) is 3.39. The lowest BCUT2D eigenvalue weighted by Gasteiger charge is -1.98. The molecule has 0 radical (unpaired) electrons. The highest BCUT2D eigenvalue weighted by Crippen LogP contribution is 2.31. The standard InChI is InChI=1S/C18H16N6OS/c1-10(2)7-12-9-13(20-19-12)16-21-22-18-24(16)23-17(26-18)15-8-11-5-3-4-6-14(11)25-15/h3-6,8-10H,7H2,1-2H3,(H,19,20). The molecule has 0 saturated heterocycles. The molecule has 0 aliphatic heterocycles. The monoisotopic (exact) mass is 364 g/mol. The van der Waals surface area contributed by atoms with Gasteiger partial charge in [-0.3, -0.25) is 5.10 Å². The van der Waals surface area contributed by atoms with Crippen LogP contribution in [0.4, 0.5) is 0 Å². The average Bonchev–Trinajstić information content (AvgIpc) is 3.36. The first-order valence-corrected chi connectivity index (χ1v) is 9.25. The number of benzene rings is 1. The number of nitrogens with zero attached hydrogens (tertiary/aromatic N) is 5. The number of para-hydroxylation sites is 1. The first kappa shape index (κ1) is 15.3. The molecule has 0 amide bonds. The minimum Gasteiger partial charge on any atom is -0.453 e. The molecule has 5 aromatic rings. The van der Waals surface area contributed by atoms with Gasteiger partial charge in [-0.1, -0.05) is 43.4 Å². The molecule has 26 heavy (non-hydrogen) atoms. The second-order valence-corrected chi connectivity index (χ2v) is 7.61. The summed E-state index contributed by atoms with van der Waals surface area (Å²) in [5.74, 6) is 1.92. The van der Waals surface area contributed by atoms with Gasteiger partial charge in [0, 0.05) is 11.1 Å². The number of rotatable bonds is 4. The van der Waals surface area contributed by atoms with Crippen LogP contribution >= 0.6 is 11.3 Å². The molecule has 4 aromatic heterocycles. The fourth-order valence-electron chi connectivity index (χ4n) is 2.98. The van der Waals surface area contributed by atoms with Gasteiger partial charge < -0.3 is 4.42 Å². The Morgan fingerprint density at radius 2 is 2.08 bits per heavy atom. The molecule has 7 nitrogen and oxygen atoms in total. The van der Waals surface area contributed by atoms with Crippen LogP contribution in [0, 0.1) is 5.92 Å². The van der Waals surface area contributed by atoms with Crippen molar-refractivity contribution in [2.75, 3.05) is 0 Å². The molecule has 4 heterocycles. The zero-order chi connectivity index (χ0) is 17.7. The normalized spacial score (nSPS) is 12.0. The van der Waals surface area contributed by atoms with E-state index in [1.54, 1.807) is 4.52 Å². The van der Waals surface area contributed by atoms with Gasteiger partial charge in [-0.15, -0.1) is 15.3 Å². The third-order valence-corrected chi connectivity index (χ3v) is 5.03. The Morgan fingerprint density at radius 1 is 1.19 bits per heavy atom. The minimum absolute atomic E-state index is 0.556. The molecule has 8 heteroatoms. The van der Waals surface area contributed by atoms with Crippen LogP contribution in [0.1, 0.15) is 19.5 Å². The predicted molar refractivity (Wildman–Crippen MR) is 100.0 cm³/mol. The van der Waals surface area contributed by atoms with Gasteiger partial charge in [0.25, 0.3) is 0 Å². The molecule has 130 valence electrons. The molecule has 0 bridgehead atoms. The van der Waals surface area contributed by atoms with E-state index in [1.807, 2.05) is 36.4 Å². The third-order valence-electron chi connectivity index (χ3n) is 4.12. The van der Waals surface area contributed by atoms with Crippen LogP contribution in [0.2, 0.25) is 0 Å². The summed E-state index contributed by atoms with van der Waals surface area (Å²) >= 11 is 1.45. The van der Waals surface area contributed by atoms with Crippen molar-refractivity contribution in [2.45, 2.75) is 20.3 Å². The van der Waals surface area contributed by atoms with Gasteiger partial charge >= 0.3 is 0 Å². The summed E-state index contributed by atoms with van der Waals surface area (Å²) < 4.78 is 7.64. The smallest absolute Gasteiger partial charge is 0.235 e. The number of H-pyrrole nitrogens is 1. The van der Waals surface area contributed by atoms with Crippen molar-refractivity contribution in [2.24, 2.45) is 5.92 Å². The lowest BCUT2D eigenvalue weighted by molar-refractivity contribution is 0.629. The Bertz CT molecular complexity index is 1180. The van der Waals surface area contributed by atoms with E-state index in [9.17, 15) is 0 Å². The van der Waals surface area contributed by atoms with Crippen molar-refractivity contribution in [3.05, 3.63) is 42.1 Å². The van der Waals surface area contributed by atoms with Crippen LogP contribution < -0.4 is 0 Å². The average molecular weight is 364 g/mol.